The fourth-order valence-electron chi connectivity index (χ4n) is 2.70. The number of carbonyl (C=O) groups excluding carboxylic acids is 2. The van der Waals surface area contributed by atoms with Crippen molar-refractivity contribution in [2.75, 3.05) is 5.32 Å². The summed E-state index contributed by atoms with van der Waals surface area (Å²) < 4.78 is 0. The van der Waals surface area contributed by atoms with E-state index in [9.17, 15) is 14.4 Å². The number of aryl methyl sites for hydroxylation is 1. The average Bonchev–Trinajstić information content (AvgIpc) is 3.20. The van der Waals surface area contributed by atoms with Crippen molar-refractivity contribution in [3.05, 3.63) is 29.3 Å². The van der Waals surface area contributed by atoms with Crippen LogP contribution >= 0.6 is 0 Å². The predicted octanol–water partition coefficient (Wildman–Crippen LogP) is 1.86. The zero-order valence-electron chi connectivity index (χ0n) is 10.9. The van der Waals surface area contributed by atoms with Crippen molar-refractivity contribution in [2.45, 2.75) is 25.7 Å². The Kier molecular flexibility index (Phi) is 3.04. The molecule has 0 aromatic heterocycles. The van der Waals surface area contributed by atoms with Crippen molar-refractivity contribution in [3.8, 4) is 0 Å². The summed E-state index contributed by atoms with van der Waals surface area (Å²) in [7, 11) is 0. The molecule has 0 saturated heterocycles. The summed E-state index contributed by atoms with van der Waals surface area (Å²) in [6.45, 7) is 0. The van der Waals surface area contributed by atoms with Gasteiger partial charge in [-0.25, -0.2) is 0 Å². The number of hydrogen-bond acceptors (Lipinski definition) is 3. The first kappa shape index (κ1) is 12.8. The monoisotopic (exact) mass is 273 g/mol. The van der Waals surface area contributed by atoms with Gasteiger partial charge in [-0.2, -0.15) is 0 Å². The second-order valence-electron chi connectivity index (χ2n) is 5.42. The number of carbonyl (C=O) groups is 3. The standard InChI is InChI=1S/C15H15NO4/c17-13-3-1-2-8-6-9(4-5-12(8)16-13)14(18)10-7-11(10)15(19)20/h4-6,10-11H,1-3,7H2,(H,16,17)(H,19,20)/t10-,11+/m0/s1. The molecule has 5 heteroatoms. The molecule has 1 heterocycles. The summed E-state index contributed by atoms with van der Waals surface area (Å²) in [5.41, 5.74) is 2.26. The van der Waals surface area contributed by atoms with Crippen LogP contribution < -0.4 is 5.32 Å². The molecule has 20 heavy (non-hydrogen) atoms. The largest absolute Gasteiger partial charge is 0.481 e. The molecule has 104 valence electrons. The highest BCUT2D eigenvalue weighted by molar-refractivity contribution is 6.03. The lowest BCUT2D eigenvalue weighted by atomic mass is 10.00. The summed E-state index contributed by atoms with van der Waals surface area (Å²) in [6.07, 6.45) is 2.43. The molecule has 0 unspecified atom stereocenters. The van der Waals surface area contributed by atoms with Gasteiger partial charge in [0.1, 0.15) is 0 Å². The van der Waals surface area contributed by atoms with E-state index < -0.39 is 11.9 Å². The number of aliphatic carboxylic acids is 1. The minimum atomic E-state index is -0.898. The van der Waals surface area contributed by atoms with E-state index in [-0.39, 0.29) is 17.6 Å². The lowest BCUT2D eigenvalue weighted by Gasteiger charge is -2.08. The van der Waals surface area contributed by atoms with E-state index in [1.165, 1.54) is 0 Å². The Hall–Kier alpha value is -2.17. The van der Waals surface area contributed by atoms with Gasteiger partial charge in [0.05, 0.1) is 5.92 Å². The van der Waals surface area contributed by atoms with Gasteiger partial charge in [-0.05, 0) is 43.0 Å². The van der Waals surface area contributed by atoms with Gasteiger partial charge < -0.3 is 10.4 Å². The minimum Gasteiger partial charge on any atom is -0.481 e. The Labute approximate surface area is 116 Å². The van der Waals surface area contributed by atoms with Crippen LogP contribution in [0.4, 0.5) is 5.69 Å². The molecular weight excluding hydrogens is 258 g/mol. The second-order valence-corrected chi connectivity index (χ2v) is 5.42. The molecule has 1 aliphatic heterocycles. The molecule has 1 aliphatic carbocycles. The molecule has 5 nitrogen and oxygen atoms in total. The van der Waals surface area contributed by atoms with Gasteiger partial charge in [0.25, 0.3) is 0 Å². The van der Waals surface area contributed by atoms with Gasteiger partial charge in [-0.3, -0.25) is 14.4 Å². The Balaban J connectivity index is 1.82. The van der Waals surface area contributed by atoms with Crippen molar-refractivity contribution in [2.24, 2.45) is 11.8 Å². The molecule has 0 spiro atoms. The van der Waals surface area contributed by atoms with Crippen molar-refractivity contribution in [3.63, 3.8) is 0 Å². The van der Waals surface area contributed by atoms with Crippen LogP contribution in [0.1, 0.15) is 35.2 Å². The molecule has 0 radical (unpaired) electrons. The van der Waals surface area contributed by atoms with Crippen molar-refractivity contribution in [1.29, 1.82) is 0 Å². The molecule has 1 aromatic carbocycles. The van der Waals surface area contributed by atoms with E-state index >= 15 is 0 Å². The molecule has 1 saturated carbocycles. The quantitative estimate of drug-likeness (QED) is 0.823. The van der Waals surface area contributed by atoms with Gasteiger partial charge in [-0.15, -0.1) is 0 Å². The number of ketones is 1. The summed E-state index contributed by atoms with van der Waals surface area (Å²) in [4.78, 5) is 34.5. The van der Waals surface area contributed by atoms with E-state index in [2.05, 4.69) is 5.32 Å². The van der Waals surface area contributed by atoms with Crippen LogP contribution in [0.25, 0.3) is 0 Å². The van der Waals surface area contributed by atoms with Crippen LogP contribution in [-0.4, -0.2) is 22.8 Å². The van der Waals surface area contributed by atoms with Crippen LogP contribution in [0.5, 0.6) is 0 Å². The molecule has 2 aliphatic rings. The number of Topliss-reactive ketones (excluding diaryl/α,β-unsaturated/α-hetero) is 1. The highest BCUT2D eigenvalue weighted by Crippen LogP contribution is 2.41. The maximum absolute atomic E-state index is 12.2. The Bertz CT molecular complexity index is 608. The van der Waals surface area contributed by atoms with E-state index in [0.29, 0.717) is 18.4 Å². The third-order valence-corrected chi connectivity index (χ3v) is 3.96. The summed E-state index contributed by atoms with van der Waals surface area (Å²) in [5.74, 6) is -1.91. The number of amides is 1. The maximum Gasteiger partial charge on any atom is 0.307 e. The van der Waals surface area contributed by atoms with E-state index in [0.717, 1.165) is 24.1 Å². The number of nitrogens with one attached hydrogen (secondary N) is 1. The first-order valence-corrected chi connectivity index (χ1v) is 6.76. The van der Waals surface area contributed by atoms with Gasteiger partial charge in [0.15, 0.2) is 5.78 Å². The number of rotatable bonds is 3. The first-order valence-electron chi connectivity index (χ1n) is 6.76. The van der Waals surface area contributed by atoms with Crippen molar-refractivity contribution >= 4 is 23.3 Å². The fourth-order valence-corrected chi connectivity index (χ4v) is 2.70. The highest BCUT2D eigenvalue weighted by atomic mass is 16.4. The average molecular weight is 273 g/mol. The maximum atomic E-state index is 12.2. The molecule has 2 atom stereocenters. The van der Waals surface area contributed by atoms with Crippen molar-refractivity contribution in [1.82, 2.24) is 0 Å². The zero-order chi connectivity index (χ0) is 14.3. The number of hydrogen-bond donors (Lipinski definition) is 2. The predicted molar refractivity (Wildman–Crippen MR) is 71.6 cm³/mol. The number of anilines is 1. The topological polar surface area (TPSA) is 83.5 Å². The minimum absolute atomic E-state index is 0.00374. The highest BCUT2D eigenvalue weighted by Gasteiger charge is 2.48. The van der Waals surface area contributed by atoms with Gasteiger partial charge in [0.2, 0.25) is 5.91 Å². The Morgan fingerprint density at radius 3 is 2.70 bits per heavy atom. The normalized spacial score (nSPS) is 24.3. The second kappa shape index (κ2) is 4.74. The van der Waals surface area contributed by atoms with Crippen LogP contribution in [-0.2, 0) is 16.0 Å². The molecule has 1 fully saturated rings. The van der Waals surface area contributed by atoms with E-state index in [1.807, 2.05) is 0 Å². The molecule has 1 aromatic rings. The molecule has 3 rings (SSSR count). The summed E-state index contributed by atoms with van der Waals surface area (Å²) >= 11 is 0. The lowest BCUT2D eigenvalue weighted by Crippen LogP contribution is -2.11. The Morgan fingerprint density at radius 2 is 2.00 bits per heavy atom. The summed E-state index contributed by atoms with van der Waals surface area (Å²) in [5, 5.41) is 11.7. The number of benzene rings is 1. The van der Waals surface area contributed by atoms with E-state index in [4.69, 9.17) is 5.11 Å². The molecule has 0 bridgehead atoms. The summed E-state index contributed by atoms with van der Waals surface area (Å²) in [6, 6.07) is 5.20. The van der Waals surface area contributed by atoms with Gasteiger partial charge in [-0.1, -0.05) is 0 Å². The van der Waals surface area contributed by atoms with E-state index in [1.54, 1.807) is 18.2 Å². The van der Waals surface area contributed by atoms with Gasteiger partial charge >= 0.3 is 5.97 Å². The number of fused-ring (bicyclic) bond motifs is 1. The molecule has 2 N–H and O–H groups in total. The SMILES string of the molecule is O=C1CCCc2cc(C(=O)[C@H]3C[C@H]3C(=O)O)ccc2N1. The van der Waals surface area contributed by atoms with Crippen molar-refractivity contribution < 1.29 is 19.5 Å². The third-order valence-electron chi connectivity index (χ3n) is 3.96. The first-order chi connectivity index (χ1) is 9.56. The lowest BCUT2D eigenvalue weighted by molar-refractivity contribution is -0.138. The zero-order valence-corrected chi connectivity index (χ0v) is 10.9. The molecule has 1 amide bonds. The van der Waals surface area contributed by atoms with Crippen LogP contribution in [0.2, 0.25) is 0 Å². The number of carboxylic acid groups (broad SMARTS) is 1. The van der Waals surface area contributed by atoms with Crippen LogP contribution in [0.15, 0.2) is 18.2 Å². The number of carboxylic acids is 1. The smallest absolute Gasteiger partial charge is 0.307 e. The van der Waals surface area contributed by atoms with Crippen LogP contribution in [0.3, 0.4) is 0 Å². The van der Waals surface area contributed by atoms with Gasteiger partial charge in [0, 0.05) is 23.6 Å². The van der Waals surface area contributed by atoms with Crippen LogP contribution in [0, 0.1) is 11.8 Å². The third kappa shape index (κ3) is 2.31. The molecular formula is C15H15NO4. The Morgan fingerprint density at radius 1 is 1.20 bits per heavy atom. The fraction of sp³-hybridized carbons (Fsp3) is 0.400.